The fraction of sp³-hybridized carbons (Fsp3) is 0.500. The molecule has 0 aliphatic carbocycles. The molecule has 0 aromatic carbocycles. The summed E-state index contributed by atoms with van der Waals surface area (Å²) in [5.74, 6) is -0.969. The van der Waals surface area contributed by atoms with Crippen molar-refractivity contribution in [1.82, 2.24) is 4.98 Å². The maximum atomic E-state index is 11.2. The van der Waals surface area contributed by atoms with E-state index in [0.717, 1.165) is 11.3 Å². The number of carboxylic acid groups (broad SMARTS) is 1. The molecule has 0 spiro atoms. The Labute approximate surface area is 117 Å². The third-order valence-electron chi connectivity index (χ3n) is 3.64. The highest BCUT2D eigenvalue weighted by atomic mass is 16.5. The highest BCUT2D eigenvalue weighted by molar-refractivity contribution is 5.73. The molecule has 1 aliphatic heterocycles. The van der Waals surface area contributed by atoms with Gasteiger partial charge in [0, 0.05) is 12.7 Å². The van der Waals surface area contributed by atoms with Crippen LogP contribution in [0.15, 0.2) is 6.07 Å². The van der Waals surface area contributed by atoms with Gasteiger partial charge in [-0.15, -0.1) is 0 Å². The Kier molecular flexibility index (Phi) is 3.91. The van der Waals surface area contributed by atoms with Gasteiger partial charge in [-0.05, 0) is 25.5 Å². The van der Waals surface area contributed by atoms with Crippen LogP contribution in [0.3, 0.4) is 0 Å². The fourth-order valence-electron chi connectivity index (χ4n) is 2.53. The Bertz CT molecular complexity index is 580. The first-order valence-electron chi connectivity index (χ1n) is 6.37. The number of nitriles is 1. The molecule has 1 aliphatic rings. The molecule has 2 heterocycles. The summed E-state index contributed by atoms with van der Waals surface area (Å²) >= 11 is 0. The summed E-state index contributed by atoms with van der Waals surface area (Å²) in [4.78, 5) is 17.4. The number of aromatic nitrogens is 1. The van der Waals surface area contributed by atoms with Crippen molar-refractivity contribution < 1.29 is 14.6 Å². The van der Waals surface area contributed by atoms with Gasteiger partial charge in [-0.1, -0.05) is 0 Å². The number of rotatable bonds is 3. The van der Waals surface area contributed by atoms with Gasteiger partial charge in [0.15, 0.2) is 0 Å². The first kappa shape index (κ1) is 14.3. The molecule has 0 bridgehead atoms. The molecule has 20 heavy (non-hydrogen) atoms. The van der Waals surface area contributed by atoms with Crippen LogP contribution in [0.2, 0.25) is 0 Å². The maximum absolute atomic E-state index is 11.2. The maximum Gasteiger partial charge on any atom is 0.311 e. The summed E-state index contributed by atoms with van der Waals surface area (Å²) < 4.78 is 5.27. The van der Waals surface area contributed by atoms with Gasteiger partial charge in [0.1, 0.15) is 17.8 Å². The van der Waals surface area contributed by atoms with Crippen LogP contribution in [0.5, 0.6) is 0 Å². The predicted octanol–water partition coefficient (Wildman–Crippen LogP) is 1.11. The third kappa shape index (κ3) is 2.45. The van der Waals surface area contributed by atoms with Gasteiger partial charge in [-0.2, -0.15) is 5.26 Å². The van der Waals surface area contributed by atoms with Crippen LogP contribution in [-0.2, 0) is 9.53 Å². The number of carbonyl (C=O) groups is 1. The minimum atomic E-state index is -0.887. The minimum Gasteiger partial charge on any atom is -0.481 e. The van der Waals surface area contributed by atoms with Crippen molar-refractivity contribution in [2.24, 2.45) is 5.92 Å². The number of nitrogens with zero attached hydrogens (tertiary/aromatic N) is 3. The van der Waals surface area contributed by atoms with Crippen molar-refractivity contribution in [1.29, 1.82) is 5.26 Å². The number of likely N-dealkylation sites (N-methyl/N-ethyl adjacent to an activating group) is 1. The molecule has 1 aromatic rings. The average molecular weight is 275 g/mol. The number of pyridine rings is 1. The van der Waals surface area contributed by atoms with Gasteiger partial charge in [0.25, 0.3) is 0 Å². The molecule has 1 saturated heterocycles. The molecular weight excluding hydrogens is 258 g/mol. The summed E-state index contributed by atoms with van der Waals surface area (Å²) in [6.07, 6.45) is 0. The van der Waals surface area contributed by atoms with Crippen LogP contribution in [0.1, 0.15) is 16.8 Å². The topological polar surface area (TPSA) is 86.5 Å². The van der Waals surface area contributed by atoms with Gasteiger partial charge in [-0.25, -0.2) is 4.98 Å². The molecule has 2 unspecified atom stereocenters. The fourth-order valence-corrected chi connectivity index (χ4v) is 2.53. The molecule has 106 valence electrons. The molecule has 2 atom stereocenters. The van der Waals surface area contributed by atoms with Crippen LogP contribution in [-0.4, -0.2) is 42.4 Å². The zero-order chi connectivity index (χ0) is 14.9. The van der Waals surface area contributed by atoms with E-state index in [0.29, 0.717) is 18.0 Å². The van der Waals surface area contributed by atoms with Gasteiger partial charge in [0.05, 0.1) is 24.8 Å². The van der Waals surface area contributed by atoms with Gasteiger partial charge in [-0.3, -0.25) is 4.79 Å². The van der Waals surface area contributed by atoms with E-state index in [1.807, 2.05) is 19.9 Å². The van der Waals surface area contributed by atoms with Crippen molar-refractivity contribution in [3.8, 4) is 6.07 Å². The minimum absolute atomic E-state index is 0.191. The second kappa shape index (κ2) is 5.47. The van der Waals surface area contributed by atoms with Gasteiger partial charge in [0.2, 0.25) is 0 Å². The highest BCUT2D eigenvalue weighted by Gasteiger charge is 2.38. The van der Waals surface area contributed by atoms with E-state index in [4.69, 9.17) is 4.74 Å². The van der Waals surface area contributed by atoms with Crippen LogP contribution in [0, 0.1) is 31.1 Å². The van der Waals surface area contributed by atoms with Crippen LogP contribution >= 0.6 is 0 Å². The van der Waals surface area contributed by atoms with Crippen LogP contribution in [0.4, 0.5) is 5.82 Å². The van der Waals surface area contributed by atoms with Crippen molar-refractivity contribution >= 4 is 11.8 Å². The molecule has 1 aromatic heterocycles. The number of hydrogen-bond donors (Lipinski definition) is 1. The van der Waals surface area contributed by atoms with Crippen LogP contribution in [0.25, 0.3) is 0 Å². The molecule has 0 radical (unpaired) electrons. The second-order valence-corrected chi connectivity index (χ2v) is 5.05. The molecule has 0 saturated carbocycles. The number of carboxylic acids is 1. The number of ether oxygens (including phenoxy) is 1. The first-order chi connectivity index (χ1) is 9.45. The van der Waals surface area contributed by atoms with Gasteiger partial charge >= 0.3 is 5.97 Å². The van der Waals surface area contributed by atoms with Crippen LogP contribution < -0.4 is 4.90 Å². The van der Waals surface area contributed by atoms with E-state index in [1.54, 1.807) is 11.9 Å². The largest absolute Gasteiger partial charge is 0.481 e. The Balaban J connectivity index is 2.41. The Morgan fingerprint density at radius 2 is 2.25 bits per heavy atom. The van der Waals surface area contributed by atoms with E-state index in [-0.39, 0.29) is 12.6 Å². The monoisotopic (exact) mass is 275 g/mol. The molecule has 0 amide bonds. The Hall–Kier alpha value is -2.13. The lowest BCUT2D eigenvalue weighted by Gasteiger charge is -2.28. The van der Waals surface area contributed by atoms with Crippen molar-refractivity contribution in [2.45, 2.75) is 19.9 Å². The molecular formula is C14H17N3O3. The Morgan fingerprint density at radius 3 is 2.85 bits per heavy atom. The summed E-state index contributed by atoms with van der Waals surface area (Å²) in [5.41, 5.74) is 2.12. The molecule has 6 heteroatoms. The highest BCUT2D eigenvalue weighted by Crippen LogP contribution is 2.27. The lowest BCUT2D eigenvalue weighted by Crippen LogP contribution is -2.41. The summed E-state index contributed by atoms with van der Waals surface area (Å²) in [5, 5.41) is 18.5. The van der Waals surface area contributed by atoms with E-state index >= 15 is 0 Å². The normalized spacial score (nSPS) is 21.5. The zero-order valence-corrected chi connectivity index (χ0v) is 11.8. The zero-order valence-electron chi connectivity index (χ0n) is 11.8. The molecule has 1 N–H and O–H groups in total. The van der Waals surface area contributed by atoms with Crippen molar-refractivity contribution in [3.05, 3.63) is 22.9 Å². The standard InChI is InChI=1S/C14H17N3O3/c1-8-4-9(2)16-13(10(8)5-15)17(3)12-7-20-6-11(12)14(18)19/h4,11-12H,6-7H2,1-3H3,(H,18,19). The van der Waals surface area contributed by atoms with E-state index < -0.39 is 11.9 Å². The summed E-state index contributed by atoms with van der Waals surface area (Å²) in [6, 6.07) is 3.68. The number of aryl methyl sites for hydroxylation is 2. The lowest BCUT2D eigenvalue weighted by atomic mass is 10.0. The second-order valence-electron chi connectivity index (χ2n) is 5.05. The SMILES string of the molecule is Cc1cc(C)c(C#N)c(N(C)C2COCC2C(=O)O)n1. The van der Waals surface area contributed by atoms with E-state index in [1.165, 1.54) is 0 Å². The van der Waals surface area contributed by atoms with Crippen molar-refractivity contribution in [3.63, 3.8) is 0 Å². The predicted molar refractivity (Wildman–Crippen MR) is 72.6 cm³/mol. The lowest BCUT2D eigenvalue weighted by molar-refractivity contribution is -0.141. The van der Waals surface area contributed by atoms with Crippen molar-refractivity contribution in [2.75, 3.05) is 25.2 Å². The number of anilines is 1. The third-order valence-corrected chi connectivity index (χ3v) is 3.64. The average Bonchev–Trinajstić information content (AvgIpc) is 2.86. The smallest absolute Gasteiger partial charge is 0.311 e. The van der Waals surface area contributed by atoms with E-state index in [2.05, 4.69) is 11.1 Å². The molecule has 6 nitrogen and oxygen atoms in total. The Morgan fingerprint density at radius 1 is 1.55 bits per heavy atom. The summed E-state index contributed by atoms with van der Waals surface area (Å²) in [6.45, 7) is 4.22. The first-order valence-corrected chi connectivity index (χ1v) is 6.37. The quantitative estimate of drug-likeness (QED) is 0.889. The summed E-state index contributed by atoms with van der Waals surface area (Å²) in [7, 11) is 1.76. The van der Waals surface area contributed by atoms with Gasteiger partial charge < -0.3 is 14.7 Å². The number of hydrogen-bond acceptors (Lipinski definition) is 5. The molecule has 1 fully saturated rings. The molecule has 2 rings (SSSR count). The van der Waals surface area contributed by atoms with E-state index in [9.17, 15) is 15.2 Å². The number of aliphatic carboxylic acids is 1.